The lowest BCUT2D eigenvalue weighted by molar-refractivity contribution is -0.405. The van der Waals surface area contributed by atoms with Crippen molar-refractivity contribution in [2.75, 3.05) is 52.9 Å². The Morgan fingerprint density at radius 3 is 1.20 bits per heavy atom. The van der Waals surface area contributed by atoms with Crippen LogP contribution in [0.4, 0.5) is 0 Å². The van der Waals surface area contributed by atoms with E-state index in [2.05, 4.69) is 35.1 Å². The lowest BCUT2D eigenvalue weighted by Gasteiger charge is -2.53. The highest BCUT2D eigenvalue weighted by molar-refractivity contribution is 5.78. The van der Waals surface area contributed by atoms with E-state index in [0.29, 0.717) is 12.8 Å². The number of carbonyl (C=O) groups excluding carboxylic acids is 4. The Labute approximate surface area is 839 Å². The van der Waals surface area contributed by atoms with E-state index in [-0.39, 0.29) is 6.42 Å². The molecular formula is C96H170N4O44. The molecule has 144 heavy (non-hydrogen) atoms. The minimum atomic E-state index is -3.76. The fourth-order valence-electron chi connectivity index (χ4n) is 19.4. The van der Waals surface area contributed by atoms with Gasteiger partial charge in [0, 0.05) is 40.0 Å². The van der Waals surface area contributed by atoms with Crippen molar-refractivity contribution in [3.63, 3.8) is 0 Å². The minimum absolute atomic E-state index is 0.0664. The molecule has 48 heteroatoms. The molecule has 7 aliphatic heterocycles. The lowest BCUT2D eigenvalue weighted by Crippen LogP contribution is -2.73. The maximum absolute atomic E-state index is 14.6. The van der Waals surface area contributed by atoms with Crippen molar-refractivity contribution in [1.29, 1.82) is 0 Å². The summed E-state index contributed by atoms with van der Waals surface area (Å²) in [5.74, 6) is -15.3. The number of aliphatic hydroxyl groups excluding tert-OH is 22. The summed E-state index contributed by atoms with van der Waals surface area (Å²) in [5, 5.41) is 283. The van der Waals surface area contributed by atoms with Crippen LogP contribution in [0.15, 0.2) is 12.2 Å². The number of nitrogens with one attached hydrogen (secondary N) is 4. The first-order chi connectivity index (χ1) is 68.8. The molecule has 0 aliphatic carbocycles. The molecular weight excluding hydrogens is 1910 g/mol. The number of hydrogen-bond acceptors (Lipinski definition) is 42. The van der Waals surface area contributed by atoms with Crippen molar-refractivity contribution in [3.05, 3.63) is 12.2 Å². The summed E-state index contributed by atoms with van der Waals surface area (Å²) in [5.41, 5.74) is 0. The van der Waals surface area contributed by atoms with Gasteiger partial charge in [-0.15, -0.1) is 0 Å². The zero-order valence-corrected chi connectivity index (χ0v) is 83.5. The summed E-state index contributed by atoms with van der Waals surface area (Å²) in [6.07, 6.45) is -36.5. The summed E-state index contributed by atoms with van der Waals surface area (Å²) < 4.78 is 84.2. The zero-order chi connectivity index (χ0) is 106. The molecule has 0 spiro atoms. The summed E-state index contributed by atoms with van der Waals surface area (Å²) in [7, 11) is 0. The minimum Gasteiger partial charge on any atom is -0.477 e. The molecule has 0 aromatic rings. The molecule has 4 amide bonds. The average Bonchev–Trinajstić information content (AvgIpc) is 0.745. The van der Waals surface area contributed by atoms with Crippen LogP contribution in [0.25, 0.3) is 0 Å². The van der Waals surface area contributed by atoms with E-state index in [1.54, 1.807) is 6.08 Å². The third-order valence-corrected chi connectivity index (χ3v) is 27.7. The van der Waals surface area contributed by atoms with Crippen LogP contribution in [0.2, 0.25) is 0 Å². The first-order valence-corrected chi connectivity index (χ1v) is 51.7. The van der Waals surface area contributed by atoms with E-state index in [1.165, 1.54) is 134 Å². The van der Waals surface area contributed by atoms with Crippen molar-refractivity contribution in [2.24, 2.45) is 0 Å². The number of hydrogen-bond donors (Lipinski definition) is 28. The number of rotatable bonds is 68. The Hall–Kier alpha value is -4.88. The maximum atomic E-state index is 14.6. The molecule has 0 radical (unpaired) electrons. The topological polar surface area (TPSA) is 765 Å². The number of ether oxygens (including phenoxy) is 14. The molecule has 14 unspecified atom stereocenters. The Morgan fingerprint density at radius 2 is 0.743 bits per heavy atom. The molecule has 0 aromatic carbocycles. The van der Waals surface area contributed by atoms with Gasteiger partial charge < -0.3 is 210 Å². The van der Waals surface area contributed by atoms with Gasteiger partial charge in [-0.25, -0.2) is 9.59 Å². The molecule has 39 atom stereocenters. The second kappa shape index (κ2) is 64.8. The third kappa shape index (κ3) is 37.0. The van der Waals surface area contributed by atoms with E-state index in [4.69, 9.17) is 66.3 Å². The summed E-state index contributed by atoms with van der Waals surface area (Å²) >= 11 is 0. The standard InChI is InChI=1S/C96H170N4O44/c1-6-8-10-12-14-16-18-20-21-22-23-24-25-26-27-29-31-33-35-37-39-41-66(115)100-55(56(111)40-38-36-34-32-30-28-19-17-15-13-11-9-7-2)51-131-89-78(124)76(122)81(64(49-106)135-89)137-92-80(126)87(144-96(94(129)130)43-58(113)68(98-53(4)109)85(143-96)74(120)63(48-105)141-95(93(127)128)42-57(112)67(97-52(3)108)84(142-95)70(116)59(114)44-101)82(65(50-107)136-92)138-88-69(99-54(5)110)83(72(118)61(46-103)132-88)139-91-79(125)86(73(119)62(47-104)134-91)140-90-77(123)75(121)71(117)60(45-102)133-90/h38,40,55-65,67-92,101-107,111-114,116-126H,6-37,39,41-51H2,1-5H3,(H,97,108)(H,98,109)(H,99,110)(H,100,115)(H,127,128)(H,129,130)/b40-38+/t55-,56+,57?,58?,59+,60?,61?,62?,63+,64?,65?,67+,68+,69?,70+,71-,72-,73-,74+,75-,76+,77?,78?,79?,80?,81+,82-,83+,84?,85?,86-,87+,88-,89+,90+,91-,92-,95+,96-/m0/s1. The van der Waals surface area contributed by atoms with Crippen LogP contribution in [-0.2, 0) is 95.1 Å². The van der Waals surface area contributed by atoms with Gasteiger partial charge in [-0.05, 0) is 19.3 Å². The number of carbonyl (C=O) groups is 6. The first kappa shape index (κ1) is 126. The Bertz CT molecular complexity index is 3650. The first-order valence-electron chi connectivity index (χ1n) is 51.7. The van der Waals surface area contributed by atoms with Gasteiger partial charge in [-0.2, -0.15) is 0 Å². The predicted octanol–water partition coefficient (Wildman–Crippen LogP) is -3.70. The van der Waals surface area contributed by atoms with Gasteiger partial charge in [-0.1, -0.05) is 219 Å². The second-order valence-electron chi connectivity index (χ2n) is 39.2. The molecule has 0 saturated carbocycles. The van der Waals surface area contributed by atoms with Crippen LogP contribution in [-0.4, -0.2) is 449 Å². The van der Waals surface area contributed by atoms with Gasteiger partial charge in [-0.3, -0.25) is 19.2 Å². The Morgan fingerprint density at radius 1 is 0.375 bits per heavy atom. The normalized spacial score (nSPS) is 35.6. The quantitative estimate of drug-likeness (QED) is 0.0206. The van der Waals surface area contributed by atoms with E-state index in [9.17, 15) is 151 Å². The summed E-state index contributed by atoms with van der Waals surface area (Å²) in [4.78, 5) is 81.2. The van der Waals surface area contributed by atoms with Gasteiger partial charge in [0.1, 0.15) is 159 Å². The Kier molecular flexibility index (Phi) is 56.7. The molecule has 7 saturated heterocycles. The monoisotopic (exact) mass is 2080 g/mol. The molecule has 0 aromatic heterocycles. The molecule has 838 valence electrons. The predicted molar refractivity (Wildman–Crippen MR) is 500 cm³/mol. The molecule has 7 fully saturated rings. The largest absolute Gasteiger partial charge is 0.477 e. The molecule has 0 bridgehead atoms. The number of amides is 4. The van der Waals surface area contributed by atoms with Crippen LogP contribution in [0.3, 0.4) is 0 Å². The van der Waals surface area contributed by atoms with E-state index < -0.39 is 339 Å². The number of carboxylic acids is 2. The van der Waals surface area contributed by atoms with Crippen molar-refractivity contribution in [1.82, 2.24) is 21.3 Å². The molecule has 7 heterocycles. The number of unbranched alkanes of at least 4 members (excludes halogenated alkanes) is 31. The number of allylic oxidation sites excluding steroid dienone is 1. The fourth-order valence-corrected chi connectivity index (χ4v) is 19.4. The van der Waals surface area contributed by atoms with E-state index >= 15 is 0 Å². The highest BCUT2D eigenvalue weighted by Gasteiger charge is 2.65. The SMILES string of the molecule is CCCCCCCCCCCCC/C=C/[C@@H](O)[C@H](CO[C@@H]1OC(CO)[C@@H](O[C@@H]2OC(CO)[C@H](O[C@@H]3OC(CO)[C@H](O)[C@H](O[C@@H]4OC(CO)[C@H](O)[C@H](O[C@H]5OC(CO)[C@H](O)[C@H](O)C5O)C4O)C3NC(C)=O)[C@H](O[C@]3(C(=O)O)CC(O)[C@@H](NC(C)=O)C([C@H](O)[C@@H](CO)O[C@]4(C(=O)O)CC(O)[C@@H](NC(C)=O)C([C@H](O)[C@H](O)CO)O4)O3)C2O)[C@H](O)C1O)NC(=O)CCCCCCCCCCCCCCCCCCCCCCC. The van der Waals surface area contributed by atoms with Gasteiger partial charge in [0.15, 0.2) is 31.5 Å². The zero-order valence-electron chi connectivity index (χ0n) is 83.5. The fraction of sp³-hybridized carbons (Fsp3) is 0.917. The van der Waals surface area contributed by atoms with Crippen molar-refractivity contribution in [2.45, 2.75) is 504 Å². The van der Waals surface area contributed by atoms with Gasteiger partial charge >= 0.3 is 11.9 Å². The molecule has 28 N–H and O–H groups in total. The van der Waals surface area contributed by atoms with E-state index in [0.717, 1.165) is 91.4 Å². The highest BCUT2D eigenvalue weighted by atomic mass is 16.8. The van der Waals surface area contributed by atoms with Crippen LogP contribution < -0.4 is 21.3 Å². The van der Waals surface area contributed by atoms with Crippen LogP contribution >= 0.6 is 0 Å². The third-order valence-electron chi connectivity index (χ3n) is 27.7. The lowest BCUT2D eigenvalue weighted by atomic mass is 9.87. The second-order valence-corrected chi connectivity index (χ2v) is 39.2. The number of aliphatic carboxylic acids is 2. The average molecular weight is 2080 g/mol. The molecule has 7 rings (SSSR count). The number of carboxylic acid groups (broad SMARTS) is 2. The smallest absolute Gasteiger partial charge is 0.364 e. The summed E-state index contributed by atoms with van der Waals surface area (Å²) in [6.45, 7) is -2.42. The molecule has 48 nitrogen and oxygen atoms in total. The maximum Gasteiger partial charge on any atom is 0.364 e. The van der Waals surface area contributed by atoms with Crippen LogP contribution in [0.1, 0.15) is 266 Å². The van der Waals surface area contributed by atoms with Crippen LogP contribution in [0.5, 0.6) is 0 Å². The van der Waals surface area contributed by atoms with Crippen LogP contribution in [0, 0.1) is 0 Å². The van der Waals surface area contributed by atoms with Gasteiger partial charge in [0.25, 0.3) is 11.6 Å². The van der Waals surface area contributed by atoms with E-state index in [1.807, 2.05) is 0 Å². The number of aliphatic hydroxyl groups is 22. The van der Waals surface area contributed by atoms with Crippen molar-refractivity contribution >= 4 is 35.6 Å². The molecule has 7 aliphatic rings. The summed E-state index contributed by atoms with van der Waals surface area (Å²) in [6, 6.07) is -7.37. The van der Waals surface area contributed by atoms with Gasteiger partial charge in [0.2, 0.25) is 23.6 Å². The highest BCUT2D eigenvalue weighted by Crippen LogP contribution is 2.44. The van der Waals surface area contributed by atoms with Gasteiger partial charge in [0.05, 0.1) is 89.3 Å². The Balaban J connectivity index is 1.19. The van der Waals surface area contributed by atoms with Crippen molar-refractivity contribution < 1.29 is 218 Å². The van der Waals surface area contributed by atoms with Crippen molar-refractivity contribution in [3.8, 4) is 0 Å².